The summed E-state index contributed by atoms with van der Waals surface area (Å²) >= 11 is 0. The fourth-order valence-electron chi connectivity index (χ4n) is 7.89. The number of rotatable bonds is 6. The molecular formula is C48H34N4. The SMILES string of the molecule is c1ccc(C2Nc3ccccc3N=C2c2cccc3c(N(c4ccccc4)c4ccc5c(c4)c4ccccc4n5-c4ccccc4)cccc23)cc1. The summed E-state index contributed by atoms with van der Waals surface area (Å²) in [6.07, 6.45) is 0. The van der Waals surface area contributed by atoms with E-state index in [1.165, 1.54) is 27.4 Å². The van der Waals surface area contributed by atoms with Crippen LogP contribution in [0.25, 0.3) is 38.3 Å². The molecule has 1 N–H and O–H groups in total. The third-order valence-electron chi connectivity index (χ3n) is 10.2. The normalized spacial score (nSPS) is 13.8. The van der Waals surface area contributed by atoms with Crippen molar-refractivity contribution in [1.29, 1.82) is 0 Å². The Morgan fingerprint density at radius 3 is 1.98 bits per heavy atom. The zero-order valence-corrected chi connectivity index (χ0v) is 28.4. The van der Waals surface area contributed by atoms with Crippen molar-refractivity contribution in [3.05, 3.63) is 205 Å². The second-order valence-electron chi connectivity index (χ2n) is 13.2. The Morgan fingerprint density at radius 1 is 0.481 bits per heavy atom. The molecule has 1 atom stereocenters. The predicted molar refractivity (Wildman–Crippen MR) is 218 cm³/mol. The standard InChI is InChI=1S/C48H34N4/c1-4-16-33(17-5-1)47-48(50-43-27-12-11-26-42(43)49-47)40-25-14-24-38-37(40)23-15-29-44(38)51(34-18-6-2-7-19-34)36-30-31-46-41(32-36)39-22-10-13-28-45(39)52(46)35-20-8-3-9-21-35/h1-32,47,49H. The van der Waals surface area contributed by atoms with Gasteiger partial charge in [-0.1, -0.05) is 127 Å². The molecule has 1 unspecified atom stereocenters. The fourth-order valence-corrected chi connectivity index (χ4v) is 7.89. The molecule has 4 nitrogen and oxygen atoms in total. The first-order chi connectivity index (χ1) is 25.8. The quantitative estimate of drug-likeness (QED) is 0.192. The van der Waals surface area contributed by atoms with Crippen LogP contribution in [0.3, 0.4) is 0 Å². The molecule has 9 aromatic rings. The van der Waals surface area contributed by atoms with E-state index in [4.69, 9.17) is 4.99 Å². The lowest BCUT2D eigenvalue weighted by molar-refractivity contribution is 1.02. The molecule has 52 heavy (non-hydrogen) atoms. The summed E-state index contributed by atoms with van der Waals surface area (Å²) in [4.78, 5) is 7.74. The third kappa shape index (κ3) is 4.96. The molecule has 0 bridgehead atoms. The van der Waals surface area contributed by atoms with Crippen molar-refractivity contribution in [2.75, 3.05) is 10.2 Å². The van der Waals surface area contributed by atoms with Gasteiger partial charge in [-0.15, -0.1) is 0 Å². The lowest BCUT2D eigenvalue weighted by atomic mass is 9.90. The van der Waals surface area contributed by atoms with Crippen molar-refractivity contribution in [2.45, 2.75) is 6.04 Å². The number of aliphatic imine (C=N–C) groups is 1. The van der Waals surface area contributed by atoms with Crippen LogP contribution in [0.15, 0.2) is 199 Å². The number of anilines is 4. The van der Waals surface area contributed by atoms with Crippen LogP contribution in [0.5, 0.6) is 0 Å². The summed E-state index contributed by atoms with van der Waals surface area (Å²) in [6.45, 7) is 0. The smallest absolute Gasteiger partial charge is 0.0947 e. The van der Waals surface area contributed by atoms with E-state index in [1.54, 1.807) is 0 Å². The second kappa shape index (κ2) is 12.4. The molecule has 0 saturated heterocycles. The summed E-state index contributed by atoms with van der Waals surface area (Å²) < 4.78 is 2.37. The van der Waals surface area contributed by atoms with E-state index in [1.807, 2.05) is 0 Å². The highest BCUT2D eigenvalue weighted by molar-refractivity contribution is 6.19. The van der Waals surface area contributed by atoms with Gasteiger partial charge in [0.05, 0.1) is 39.8 Å². The second-order valence-corrected chi connectivity index (χ2v) is 13.2. The average Bonchev–Trinajstić information content (AvgIpc) is 3.55. The minimum Gasteiger partial charge on any atom is -0.371 e. The minimum absolute atomic E-state index is 0.0973. The van der Waals surface area contributed by atoms with Gasteiger partial charge in [-0.05, 0) is 77.7 Å². The first-order valence-electron chi connectivity index (χ1n) is 17.8. The molecular weight excluding hydrogens is 633 g/mol. The van der Waals surface area contributed by atoms with Crippen molar-refractivity contribution in [3.63, 3.8) is 0 Å². The maximum atomic E-state index is 5.34. The summed E-state index contributed by atoms with van der Waals surface area (Å²) in [5.74, 6) is 0. The van der Waals surface area contributed by atoms with Gasteiger partial charge in [0.15, 0.2) is 0 Å². The number of fused-ring (bicyclic) bond motifs is 5. The monoisotopic (exact) mass is 666 g/mol. The van der Waals surface area contributed by atoms with Crippen LogP contribution in [-0.4, -0.2) is 10.3 Å². The molecule has 0 fully saturated rings. The highest BCUT2D eigenvalue weighted by Gasteiger charge is 2.27. The van der Waals surface area contributed by atoms with E-state index in [0.717, 1.165) is 56.2 Å². The van der Waals surface area contributed by atoms with Crippen LogP contribution in [0, 0.1) is 0 Å². The average molecular weight is 667 g/mol. The number of benzene rings is 8. The Balaban J connectivity index is 1.18. The van der Waals surface area contributed by atoms with Gasteiger partial charge in [-0.3, -0.25) is 0 Å². The van der Waals surface area contributed by atoms with Gasteiger partial charge in [-0.25, -0.2) is 4.99 Å². The van der Waals surface area contributed by atoms with E-state index < -0.39 is 0 Å². The Hall–Kier alpha value is -6.91. The maximum absolute atomic E-state index is 5.34. The molecule has 1 aliphatic heterocycles. The van der Waals surface area contributed by atoms with Crippen molar-refractivity contribution in [2.24, 2.45) is 4.99 Å². The number of hydrogen-bond donors (Lipinski definition) is 1. The van der Waals surface area contributed by atoms with E-state index in [-0.39, 0.29) is 6.04 Å². The molecule has 1 aliphatic rings. The lowest BCUT2D eigenvalue weighted by Gasteiger charge is -2.30. The summed E-state index contributed by atoms with van der Waals surface area (Å²) in [7, 11) is 0. The number of para-hydroxylation sites is 5. The van der Waals surface area contributed by atoms with Crippen LogP contribution < -0.4 is 10.2 Å². The van der Waals surface area contributed by atoms with Gasteiger partial charge in [0.25, 0.3) is 0 Å². The lowest BCUT2D eigenvalue weighted by Crippen LogP contribution is -2.25. The first kappa shape index (κ1) is 30.0. The molecule has 0 aliphatic carbocycles. The highest BCUT2D eigenvalue weighted by atomic mass is 15.1. The van der Waals surface area contributed by atoms with Gasteiger partial charge in [-0.2, -0.15) is 0 Å². The highest BCUT2D eigenvalue weighted by Crippen LogP contribution is 2.44. The van der Waals surface area contributed by atoms with Crippen LogP contribution in [0.4, 0.5) is 28.4 Å². The van der Waals surface area contributed by atoms with E-state index in [0.29, 0.717) is 0 Å². The van der Waals surface area contributed by atoms with Crippen molar-refractivity contribution in [3.8, 4) is 5.69 Å². The Bertz CT molecular complexity index is 2770. The molecule has 10 rings (SSSR count). The van der Waals surface area contributed by atoms with Crippen LogP contribution in [-0.2, 0) is 0 Å². The fraction of sp³-hybridized carbons (Fsp3) is 0.0208. The van der Waals surface area contributed by atoms with Crippen LogP contribution in [0.1, 0.15) is 17.2 Å². The topological polar surface area (TPSA) is 32.6 Å². The Morgan fingerprint density at radius 2 is 1.13 bits per heavy atom. The van der Waals surface area contributed by atoms with Gasteiger partial charge in [0, 0.05) is 38.8 Å². The first-order valence-corrected chi connectivity index (χ1v) is 17.8. The maximum Gasteiger partial charge on any atom is 0.0947 e. The summed E-state index contributed by atoms with van der Waals surface area (Å²) in [6, 6.07) is 69.0. The molecule has 0 saturated carbocycles. The van der Waals surface area contributed by atoms with E-state index >= 15 is 0 Å². The summed E-state index contributed by atoms with van der Waals surface area (Å²) in [5, 5.41) is 8.57. The molecule has 8 aromatic carbocycles. The van der Waals surface area contributed by atoms with Gasteiger partial charge in [0.1, 0.15) is 0 Å². The van der Waals surface area contributed by atoms with E-state index in [2.05, 4.69) is 209 Å². The van der Waals surface area contributed by atoms with Gasteiger partial charge < -0.3 is 14.8 Å². The summed E-state index contributed by atoms with van der Waals surface area (Å²) in [5.41, 5.74) is 12.1. The molecule has 1 aromatic heterocycles. The van der Waals surface area contributed by atoms with E-state index in [9.17, 15) is 0 Å². The van der Waals surface area contributed by atoms with Crippen LogP contribution >= 0.6 is 0 Å². The number of aromatic nitrogens is 1. The number of nitrogens with zero attached hydrogens (tertiary/aromatic N) is 3. The molecule has 4 heteroatoms. The predicted octanol–water partition coefficient (Wildman–Crippen LogP) is 12.7. The molecule has 246 valence electrons. The largest absolute Gasteiger partial charge is 0.371 e. The number of nitrogens with one attached hydrogen (secondary N) is 1. The molecule has 0 spiro atoms. The zero-order valence-electron chi connectivity index (χ0n) is 28.4. The third-order valence-corrected chi connectivity index (χ3v) is 10.2. The van der Waals surface area contributed by atoms with Gasteiger partial charge in [0.2, 0.25) is 0 Å². The minimum atomic E-state index is -0.0973. The zero-order chi connectivity index (χ0) is 34.4. The Labute approximate surface area is 302 Å². The van der Waals surface area contributed by atoms with Gasteiger partial charge >= 0.3 is 0 Å². The molecule has 2 heterocycles. The number of hydrogen-bond acceptors (Lipinski definition) is 3. The molecule has 0 amide bonds. The van der Waals surface area contributed by atoms with Crippen molar-refractivity contribution < 1.29 is 0 Å². The Kier molecular flexibility index (Phi) is 7.17. The van der Waals surface area contributed by atoms with Crippen LogP contribution in [0.2, 0.25) is 0 Å². The van der Waals surface area contributed by atoms with Crippen molar-refractivity contribution >= 4 is 66.7 Å². The molecule has 0 radical (unpaired) electrons. The van der Waals surface area contributed by atoms with Crippen molar-refractivity contribution in [1.82, 2.24) is 4.57 Å².